The van der Waals surface area contributed by atoms with Crippen molar-refractivity contribution in [2.75, 3.05) is 7.11 Å². The molecule has 0 bridgehead atoms. The molecule has 1 aromatic rings. The van der Waals surface area contributed by atoms with Crippen molar-refractivity contribution < 1.29 is 14.3 Å². The third-order valence-electron chi connectivity index (χ3n) is 2.55. The van der Waals surface area contributed by atoms with Gasteiger partial charge in [0, 0.05) is 11.8 Å². The first-order valence-electron chi connectivity index (χ1n) is 6.24. The maximum Gasteiger partial charge on any atom is 0.356 e. The highest BCUT2D eigenvalue weighted by atomic mass is 16.5. The van der Waals surface area contributed by atoms with Crippen molar-refractivity contribution in [3.05, 3.63) is 59.2 Å². The summed E-state index contributed by atoms with van der Waals surface area (Å²) in [7, 11) is 1.13. The predicted molar refractivity (Wildman–Crippen MR) is 79.6 cm³/mol. The van der Waals surface area contributed by atoms with Crippen molar-refractivity contribution in [1.29, 1.82) is 10.5 Å². The van der Waals surface area contributed by atoms with Gasteiger partial charge in [-0.1, -0.05) is 18.2 Å². The van der Waals surface area contributed by atoms with Crippen LogP contribution in [0, 0.1) is 22.7 Å². The molecular weight excluding hydrogens is 298 g/mol. The second-order valence-corrected chi connectivity index (χ2v) is 4.03. The van der Waals surface area contributed by atoms with Crippen LogP contribution in [0.15, 0.2) is 53.6 Å². The van der Waals surface area contributed by atoms with E-state index in [1.165, 1.54) is 0 Å². The number of methoxy groups -OCH3 is 1. The highest BCUT2D eigenvalue weighted by Crippen LogP contribution is 2.02. The van der Waals surface area contributed by atoms with E-state index in [4.69, 9.17) is 16.3 Å². The molecule has 1 aromatic carbocycles. The smallest absolute Gasteiger partial charge is 0.356 e. The van der Waals surface area contributed by atoms with E-state index >= 15 is 0 Å². The Morgan fingerprint density at radius 3 is 2.39 bits per heavy atom. The summed E-state index contributed by atoms with van der Waals surface area (Å²) in [6.07, 6.45) is 1.02. The average Bonchev–Trinajstić information content (AvgIpc) is 2.60. The summed E-state index contributed by atoms with van der Waals surface area (Å²) in [6, 6.07) is 11.4. The molecule has 0 aliphatic heterocycles. The van der Waals surface area contributed by atoms with Crippen LogP contribution >= 0.6 is 0 Å². The molecule has 0 aromatic heterocycles. The number of allylic oxidation sites excluding steroid dienone is 2. The van der Waals surface area contributed by atoms with E-state index in [1.807, 2.05) is 0 Å². The number of esters is 1. The van der Waals surface area contributed by atoms with E-state index in [1.54, 1.807) is 42.5 Å². The Labute approximate surface area is 132 Å². The maximum absolute atomic E-state index is 12.0. The largest absolute Gasteiger partial charge is 0.464 e. The lowest BCUT2D eigenvalue weighted by atomic mass is 10.2. The van der Waals surface area contributed by atoms with Crippen molar-refractivity contribution in [3.63, 3.8) is 0 Å². The summed E-state index contributed by atoms with van der Waals surface area (Å²) in [6.45, 7) is 0. The molecule has 0 heterocycles. The van der Waals surface area contributed by atoms with E-state index < -0.39 is 11.9 Å². The number of nitriles is 2. The zero-order chi connectivity index (χ0) is 17.2. The van der Waals surface area contributed by atoms with E-state index in [9.17, 15) is 9.59 Å². The zero-order valence-electron chi connectivity index (χ0n) is 12.2. The number of benzene rings is 1. The molecule has 1 rings (SSSR count). The summed E-state index contributed by atoms with van der Waals surface area (Å²) in [5.74, 6) is -1.38. The number of carbonyl (C=O) groups is 2. The molecule has 0 radical (unpaired) electrons. The molecule has 0 unspecified atom stereocenters. The lowest BCUT2D eigenvalue weighted by Gasteiger charge is -2.09. The van der Waals surface area contributed by atoms with Crippen LogP contribution in [0.5, 0.6) is 0 Å². The van der Waals surface area contributed by atoms with Crippen molar-refractivity contribution in [3.8, 4) is 12.1 Å². The van der Waals surface area contributed by atoms with Gasteiger partial charge in [0.15, 0.2) is 5.70 Å². The van der Waals surface area contributed by atoms with Crippen molar-refractivity contribution >= 4 is 11.9 Å². The molecule has 8 heteroatoms. The van der Waals surface area contributed by atoms with Crippen LogP contribution in [0.25, 0.3) is 0 Å². The Kier molecular flexibility index (Phi) is 6.38. The second kappa shape index (κ2) is 8.49. The quantitative estimate of drug-likeness (QED) is 0.401. The summed E-state index contributed by atoms with van der Waals surface area (Å²) >= 11 is 0. The van der Waals surface area contributed by atoms with Crippen LogP contribution in [0.2, 0.25) is 0 Å². The monoisotopic (exact) mass is 311 g/mol. The van der Waals surface area contributed by atoms with E-state index in [2.05, 4.69) is 15.4 Å². The highest BCUT2D eigenvalue weighted by molar-refractivity contribution is 6.00. The van der Waals surface area contributed by atoms with Gasteiger partial charge in [0.05, 0.1) is 7.11 Å². The van der Waals surface area contributed by atoms with Crippen LogP contribution < -0.4 is 16.4 Å². The van der Waals surface area contributed by atoms with Gasteiger partial charge >= 0.3 is 5.97 Å². The van der Waals surface area contributed by atoms with Crippen LogP contribution in [0.3, 0.4) is 0 Å². The Bertz CT molecular complexity index is 739. The molecule has 0 aliphatic carbocycles. The number of hydrogen-bond acceptors (Lipinski definition) is 7. The Morgan fingerprint density at radius 1 is 1.22 bits per heavy atom. The highest BCUT2D eigenvalue weighted by Gasteiger charge is 2.15. The lowest BCUT2D eigenvalue weighted by Crippen LogP contribution is -2.29. The third-order valence-corrected chi connectivity index (χ3v) is 2.55. The van der Waals surface area contributed by atoms with Crippen LogP contribution in [0.4, 0.5) is 0 Å². The normalized spacial score (nSPS) is 11.3. The molecule has 0 atom stereocenters. The van der Waals surface area contributed by atoms with Crippen molar-refractivity contribution in [2.24, 2.45) is 5.73 Å². The number of amides is 1. The predicted octanol–water partition coefficient (Wildman–Crippen LogP) is 0.238. The minimum atomic E-state index is -0.838. The summed E-state index contributed by atoms with van der Waals surface area (Å²) in [5.41, 5.74) is 4.77. The van der Waals surface area contributed by atoms with Gasteiger partial charge in [0.1, 0.15) is 23.5 Å². The van der Waals surface area contributed by atoms with Gasteiger partial charge in [0.25, 0.3) is 5.91 Å². The molecule has 0 saturated carbocycles. The first kappa shape index (κ1) is 17.3. The van der Waals surface area contributed by atoms with Gasteiger partial charge in [0.2, 0.25) is 0 Å². The number of hydrogen-bond donors (Lipinski definition) is 3. The number of rotatable bonds is 5. The van der Waals surface area contributed by atoms with E-state index in [0.29, 0.717) is 5.56 Å². The van der Waals surface area contributed by atoms with Crippen LogP contribution in [-0.4, -0.2) is 19.0 Å². The molecule has 1 amide bonds. The fourth-order valence-corrected chi connectivity index (χ4v) is 1.41. The SMILES string of the molecule is COC(=O)/C(=C\N/C(C#N)=C(\N)C#N)NC(=O)c1ccccc1. The molecule has 0 fully saturated rings. The zero-order valence-corrected chi connectivity index (χ0v) is 12.2. The molecule has 116 valence electrons. The molecule has 23 heavy (non-hydrogen) atoms. The molecule has 0 saturated heterocycles. The number of nitrogens with two attached hydrogens (primary N) is 1. The Balaban J connectivity index is 3.01. The number of carbonyl (C=O) groups excluding carboxylic acids is 2. The van der Waals surface area contributed by atoms with Crippen LogP contribution in [-0.2, 0) is 9.53 Å². The Hall–Kier alpha value is -3.78. The maximum atomic E-state index is 12.0. The van der Waals surface area contributed by atoms with E-state index in [-0.39, 0.29) is 17.1 Å². The lowest BCUT2D eigenvalue weighted by molar-refractivity contribution is -0.136. The molecule has 8 nitrogen and oxygen atoms in total. The first-order chi connectivity index (χ1) is 11.0. The standard InChI is InChI=1S/C15H13N5O3/c1-23-15(22)13(9-19-12(8-17)11(18)7-16)20-14(21)10-5-3-2-4-6-10/h2-6,9,19H,18H2,1H3,(H,20,21)/b12-11-,13-9+. The van der Waals surface area contributed by atoms with Crippen molar-refractivity contribution in [1.82, 2.24) is 10.6 Å². The van der Waals surface area contributed by atoms with Gasteiger partial charge in [-0.05, 0) is 12.1 Å². The Morgan fingerprint density at radius 2 is 1.87 bits per heavy atom. The molecule has 4 N–H and O–H groups in total. The summed E-state index contributed by atoms with van der Waals surface area (Å²) in [4.78, 5) is 23.7. The first-order valence-corrected chi connectivity index (χ1v) is 6.24. The van der Waals surface area contributed by atoms with Crippen LogP contribution in [0.1, 0.15) is 10.4 Å². The minimum absolute atomic E-state index is 0.250. The number of ether oxygens (including phenoxy) is 1. The van der Waals surface area contributed by atoms with Crippen molar-refractivity contribution in [2.45, 2.75) is 0 Å². The van der Waals surface area contributed by atoms with E-state index in [0.717, 1.165) is 13.3 Å². The summed E-state index contributed by atoms with van der Waals surface area (Å²) < 4.78 is 4.54. The van der Waals surface area contributed by atoms with Gasteiger partial charge in [-0.3, -0.25) is 4.79 Å². The van der Waals surface area contributed by atoms with Gasteiger partial charge in [-0.15, -0.1) is 0 Å². The molecular formula is C15H13N5O3. The fourth-order valence-electron chi connectivity index (χ4n) is 1.41. The topological polar surface area (TPSA) is 141 Å². The minimum Gasteiger partial charge on any atom is -0.464 e. The number of nitrogens with zero attached hydrogens (tertiary/aromatic N) is 2. The van der Waals surface area contributed by atoms with Gasteiger partial charge in [-0.25, -0.2) is 4.79 Å². The average molecular weight is 311 g/mol. The van der Waals surface area contributed by atoms with Gasteiger partial charge in [-0.2, -0.15) is 10.5 Å². The second-order valence-electron chi connectivity index (χ2n) is 4.03. The molecule has 0 spiro atoms. The summed E-state index contributed by atoms with van der Waals surface area (Å²) in [5, 5.41) is 22.2. The molecule has 0 aliphatic rings. The number of nitrogens with one attached hydrogen (secondary N) is 2. The third kappa shape index (κ3) is 4.92. The fraction of sp³-hybridized carbons (Fsp3) is 0.0667. The van der Waals surface area contributed by atoms with Gasteiger partial charge < -0.3 is 21.1 Å².